The van der Waals surface area contributed by atoms with Crippen LogP contribution >= 0.6 is 0 Å². The molecule has 0 aliphatic rings. The third kappa shape index (κ3) is 16.8. The highest BCUT2D eigenvalue weighted by Gasteiger charge is 2.25. The average molecular weight is 432 g/mol. The molecule has 0 fully saturated rings. The van der Waals surface area contributed by atoms with Gasteiger partial charge in [-0.15, -0.1) is 0 Å². The summed E-state index contributed by atoms with van der Waals surface area (Å²) in [5, 5.41) is 20.7. The lowest BCUT2D eigenvalue weighted by Crippen LogP contribution is -2.43. The second kappa shape index (κ2) is 17.7. The number of carboxylic acid groups (broad SMARTS) is 1. The smallest absolute Gasteiger partial charge is 0.329 e. The largest absolute Gasteiger partial charge is 0.481 e. The van der Waals surface area contributed by atoms with Gasteiger partial charge in [-0.1, -0.05) is 58.3 Å². The lowest BCUT2D eigenvalue weighted by atomic mass is 10.1. The van der Waals surface area contributed by atoms with Crippen LogP contribution in [-0.2, 0) is 28.7 Å². The van der Waals surface area contributed by atoms with Crippen LogP contribution in [0.2, 0.25) is 0 Å². The minimum Gasteiger partial charge on any atom is -0.481 e. The van der Waals surface area contributed by atoms with Gasteiger partial charge >= 0.3 is 17.9 Å². The van der Waals surface area contributed by atoms with Crippen molar-refractivity contribution in [2.75, 3.05) is 13.2 Å². The molecule has 0 aliphatic carbocycles. The quantitative estimate of drug-likeness (QED) is 0.222. The highest BCUT2D eigenvalue weighted by molar-refractivity contribution is 5.86. The van der Waals surface area contributed by atoms with E-state index in [1.54, 1.807) is 0 Å². The Morgan fingerprint density at radius 3 is 1.93 bits per heavy atom. The highest BCUT2D eigenvalue weighted by atomic mass is 16.6. The first-order chi connectivity index (χ1) is 14.3. The summed E-state index contributed by atoms with van der Waals surface area (Å²) in [6.45, 7) is 2.54. The Morgan fingerprint density at radius 2 is 1.40 bits per heavy atom. The third-order valence-electron chi connectivity index (χ3n) is 4.38. The van der Waals surface area contributed by atoms with Gasteiger partial charge in [0.2, 0.25) is 5.91 Å². The fourth-order valence-corrected chi connectivity index (χ4v) is 2.78. The Kier molecular flexibility index (Phi) is 16.4. The van der Waals surface area contributed by atoms with Crippen LogP contribution in [0.15, 0.2) is 0 Å². The number of aliphatic hydroxyl groups excluding tert-OH is 1. The number of esters is 2. The number of ether oxygens (including phenoxy) is 2. The zero-order valence-corrected chi connectivity index (χ0v) is 18.2. The van der Waals surface area contributed by atoms with Crippen molar-refractivity contribution in [2.45, 2.75) is 96.6 Å². The Morgan fingerprint density at radius 1 is 0.867 bits per heavy atom. The second-order valence-electron chi connectivity index (χ2n) is 7.40. The van der Waals surface area contributed by atoms with Crippen LogP contribution in [0.25, 0.3) is 0 Å². The number of unbranched alkanes of at least 4 members (excludes halogenated alkanes) is 8. The molecule has 0 spiro atoms. The number of aliphatic hydroxyl groups is 1. The van der Waals surface area contributed by atoms with E-state index >= 15 is 0 Å². The van der Waals surface area contributed by atoms with Crippen molar-refractivity contribution in [2.24, 2.45) is 0 Å². The molecule has 0 bridgehead atoms. The fourth-order valence-electron chi connectivity index (χ4n) is 2.78. The highest BCUT2D eigenvalue weighted by Crippen LogP contribution is 2.10. The van der Waals surface area contributed by atoms with Crippen LogP contribution in [0, 0.1) is 0 Å². The Bertz CT molecular complexity index is 507. The maximum absolute atomic E-state index is 11.8. The molecule has 9 heteroatoms. The molecule has 30 heavy (non-hydrogen) atoms. The SMILES string of the molecule is CCCCCCCCCCCC(=O)OC[C@@H](O)COC(=O)[C@H](CC(=O)O)NC(C)=O. The number of amides is 1. The maximum Gasteiger partial charge on any atom is 0.329 e. The Hall–Kier alpha value is -2.16. The minimum absolute atomic E-state index is 0.269. The van der Waals surface area contributed by atoms with Gasteiger partial charge in [-0.05, 0) is 6.42 Å². The van der Waals surface area contributed by atoms with Gasteiger partial charge in [-0.25, -0.2) is 4.79 Å². The van der Waals surface area contributed by atoms with Gasteiger partial charge < -0.3 is 25.0 Å². The van der Waals surface area contributed by atoms with Crippen molar-refractivity contribution in [3.05, 3.63) is 0 Å². The molecule has 0 aromatic rings. The Balaban J connectivity index is 3.87. The zero-order valence-electron chi connectivity index (χ0n) is 18.2. The van der Waals surface area contributed by atoms with Crippen LogP contribution in [0.4, 0.5) is 0 Å². The molecular formula is C21H37NO8. The molecule has 0 aromatic heterocycles. The first-order valence-corrected chi connectivity index (χ1v) is 10.8. The number of rotatable bonds is 18. The van der Waals surface area contributed by atoms with Crippen LogP contribution in [-0.4, -0.2) is 59.4 Å². The molecule has 0 heterocycles. The van der Waals surface area contributed by atoms with Crippen LogP contribution in [0.5, 0.6) is 0 Å². The van der Waals surface area contributed by atoms with E-state index in [1.807, 2.05) is 0 Å². The van der Waals surface area contributed by atoms with E-state index < -0.39 is 49.0 Å². The number of aliphatic carboxylic acids is 1. The van der Waals surface area contributed by atoms with Crippen molar-refractivity contribution in [1.29, 1.82) is 0 Å². The number of carbonyl (C=O) groups excluding carboxylic acids is 3. The summed E-state index contributed by atoms with van der Waals surface area (Å²) in [4.78, 5) is 45.3. The van der Waals surface area contributed by atoms with Crippen LogP contribution in [0.1, 0.15) is 84.5 Å². The molecular weight excluding hydrogens is 394 g/mol. The maximum atomic E-state index is 11.8. The summed E-state index contributed by atoms with van der Waals surface area (Å²) < 4.78 is 9.76. The topological polar surface area (TPSA) is 139 Å². The molecule has 0 rings (SSSR count). The number of carboxylic acids is 1. The monoisotopic (exact) mass is 431 g/mol. The number of hydrogen-bond donors (Lipinski definition) is 3. The first kappa shape index (κ1) is 27.8. The van der Waals surface area contributed by atoms with E-state index in [0.717, 1.165) is 26.2 Å². The average Bonchev–Trinajstić information content (AvgIpc) is 2.68. The van der Waals surface area contributed by atoms with Crippen LogP contribution < -0.4 is 5.32 Å². The van der Waals surface area contributed by atoms with Crippen molar-refractivity contribution in [3.8, 4) is 0 Å². The van der Waals surface area contributed by atoms with Gasteiger partial charge in [0.25, 0.3) is 0 Å². The van der Waals surface area contributed by atoms with Gasteiger partial charge in [0.15, 0.2) is 0 Å². The summed E-state index contributed by atoms with van der Waals surface area (Å²) in [5.41, 5.74) is 0. The first-order valence-electron chi connectivity index (χ1n) is 10.8. The summed E-state index contributed by atoms with van der Waals surface area (Å²) >= 11 is 0. The van der Waals surface area contributed by atoms with Gasteiger partial charge in [0.1, 0.15) is 25.4 Å². The number of hydrogen-bond acceptors (Lipinski definition) is 7. The van der Waals surface area contributed by atoms with Gasteiger partial charge in [0.05, 0.1) is 6.42 Å². The summed E-state index contributed by atoms with van der Waals surface area (Å²) in [6, 6.07) is -1.35. The summed E-state index contributed by atoms with van der Waals surface area (Å²) in [5.74, 6) is -3.26. The molecule has 0 radical (unpaired) electrons. The lowest BCUT2D eigenvalue weighted by Gasteiger charge is -2.17. The third-order valence-corrected chi connectivity index (χ3v) is 4.38. The Labute approximate surface area is 178 Å². The normalized spacial score (nSPS) is 12.6. The molecule has 0 unspecified atom stereocenters. The minimum atomic E-state index is -1.35. The second-order valence-corrected chi connectivity index (χ2v) is 7.40. The molecule has 0 aliphatic heterocycles. The van der Waals surface area contributed by atoms with Crippen molar-refractivity contribution < 1.29 is 38.9 Å². The molecule has 9 nitrogen and oxygen atoms in total. The predicted octanol–water partition coefficient (Wildman–Crippen LogP) is 2.33. The molecule has 0 aromatic carbocycles. The van der Waals surface area contributed by atoms with Crippen LogP contribution in [0.3, 0.4) is 0 Å². The van der Waals surface area contributed by atoms with Gasteiger partial charge in [-0.3, -0.25) is 14.4 Å². The predicted molar refractivity (Wildman–Crippen MR) is 110 cm³/mol. The standard InChI is InChI=1S/C21H37NO8/c1-3-4-5-6-7-8-9-10-11-12-20(27)29-14-17(24)15-30-21(28)18(13-19(25)26)22-16(2)23/h17-18,24H,3-15H2,1-2H3,(H,22,23)(H,25,26)/t17-,18+/m1/s1. The molecule has 2 atom stereocenters. The van der Waals surface area contributed by atoms with E-state index in [0.29, 0.717) is 0 Å². The summed E-state index contributed by atoms with van der Waals surface area (Å²) in [7, 11) is 0. The van der Waals surface area contributed by atoms with Gasteiger partial charge in [0, 0.05) is 13.3 Å². The number of nitrogens with one attached hydrogen (secondary N) is 1. The van der Waals surface area contributed by atoms with E-state index in [-0.39, 0.29) is 13.0 Å². The summed E-state index contributed by atoms with van der Waals surface area (Å²) in [6.07, 6.45) is 8.64. The van der Waals surface area contributed by atoms with Crippen molar-refractivity contribution in [1.82, 2.24) is 5.32 Å². The van der Waals surface area contributed by atoms with Crippen molar-refractivity contribution in [3.63, 3.8) is 0 Å². The van der Waals surface area contributed by atoms with Gasteiger partial charge in [-0.2, -0.15) is 0 Å². The molecule has 3 N–H and O–H groups in total. The van der Waals surface area contributed by atoms with Crippen molar-refractivity contribution >= 4 is 23.8 Å². The van der Waals surface area contributed by atoms with E-state index in [1.165, 1.54) is 38.5 Å². The molecule has 174 valence electrons. The van der Waals surface area contributed by atoms with E-state index in [4.69, 9.17) is 14.6 Å². The molecule has 1 amide bonds. The van der Waals surface area contributed by atoms with E-state index in [9.17, 15) is 24.3 Å². The fraction of sp³-hybridized carbons (Fsp3) is 0.810. The molecule has 0 saturated carbocycles. The van der Waals surface area contributed by atoms with E-state index in [2.05, 4.69) is 12.2 Å². The molecule has 0 saturated heterocycles. The number of carbonyl (C=O) groups is 4. The lowest BCUT2D eigenvalue weighted by molar-refractivity contribution is -0.157. The zero-order chi connectivity index (χ0) is 22.8.